The molecule has 7 nitrogen and oxygen atoms in total. The molecule has 9 heteroatoms. The molecule has 0 aliphatic heterocycles. The second-order valence-electron chi connectivity index (χ2n) is 8.33. The Morgan fingerprint density at radius 3 is 2.18 bits per heavy atom. The molecule has 0 saturated carbocycles. The van der Waals surface area contributed by atoms with Gasteiger partial charge in [-0.3, -0.25) is 9.10 Å². The van der Waals surface area contributed by atoms with Gasteiger partial charge in [0.15, 0.2) is 0 Å². The fourth-order valence-corrected chi connectivity index (χ4v) is 5.49. The van der Waals surface area contributed by atoms with Crippen LogP contribution in [0, 0.1) is 0 Å². The summed E-state index contributed by atoms with van der Waals surface area (Å²) in [5.74, 6) is 0.0115. The lowest BCUT2D eigenvalue weighted by molar-refractivity contribution is 0.0955. The van der Waals surface area contributed by atoms with Crippen LogP contribution >= 0.6 is 15.9 Å². The van der Waals surface area contributed by atoms with Gasteiger partial charge in [0.1, 0.15) is 5.75 Å². The fourth-order valence-electron chi connectivity index (χ4n) is 3.76. The van der Waals surface area contributed by atoms with Crippen molar-refractivity contribution in [2.45, 2.75) is 18.4 Å². The minimum Gasteiger partial charge on any atom is -0.497 e. The van der Waals surface area contributed by atoms with Gasteiger partial charge in [0.2, 0.25) is 0 Å². The topological polar surface area (TPSA) is 88.1 Å². The number of para-hydroxylation sites is 1. The number of benzene rings is 4. The highest BCUT2D eigenvalue weighted by Crippen LogP contribution is 2.30. The third-order valence-electron chi connectivity index (χ3n) is 5.82. The van der Waals surface area contributed by atoms with E-state index in [0.717, 1.165) is 15.6 Å². The van der Waals surface area contributed by atoms with Crippen molar-refractivity contribution in [3.05, 3.63) is 124 Å². The van der Waals surface area contributed by atoms with Crippen molar-refractivity contribution in [2.24, 2.45) is 5.10 Å². The van der Waals surface area contributed by atoms with Crippen LogP contribution in [0.15, 0.2) is 118 Å². The molecule has 0 aliphatic rings. The highest BCUT2D eigenvalue weighted by atomic mass is 79.9. The Kier molecular flexibility index (Phi) is 8.60. The Morgan fingerprint density at radius 2 is 1.53 bits per heavy atom. The van der Waals surface area contributed by atoms with Gasteiger partial charge < -0.3 is 4.74 Å². The Balaban J connectivity index is 1.72. The van der Waals surface area contributed by atoms with Crippen LogP contribution in [0.3, 0.4) is 0 Å². The minimum absolute atomic E-state index is 0.0285. The molecular weight excluding hydrogens is 566 g/mol. The zero-order valence-electron chi connectivity index (χ0n) is 20.8. The van der Waals surface area contributed by atoms with E-state index in [0.29, 0.717) is 11.5 Å². The maximum absolute atomic E-state index is 13.9. The molecule has 0 aromatic heterocycles. The van der Waals surface area contributed by atoms with Crippen LogP contribution in [0.1, 0.15) is 28.4 Å². The molecule has 194 valence electrons. The van der Waals surface area contributed by atoms with Gasteiger partial charge in [-0.1, -0.05) is 70.5 Å². The molecule has 38 heavy (non-hydrogen) atoms. The summed E-state index contributed by atoms with van der Waals surface area (Å²) >= 11 is 3.40. The first-order valence-electron chi connectivity index (χ1n) is 11.7. The molecule has 4 aromatic rings. The Hall–Kier alpha value is -3.95. The maximum atomic E-state index is 13.9. The summed E-state index contributed by atoms with van der Waals surface area (Å²) in [6, 6.07) is 29.5. The average Bonchev–Trinajstić information content (AvgIpc) is 2.95. The van der Waals surface area contributed by atoms with Gasteiger partial charge >= 0.3 is 0 Å². The number of halogens is 1. The molecule has 0 saturated heterocycles. The van der Waals surface area contributed by atoms with Crippen molar-refractivity contribution in [1.29, 1.82) is 0 Å². The lowest BCUT2D eigenvalue weighted by Gasteiger charge is -2.26. The summed E-state index contributed by atoms with van der Waals surface area (Å²) in [5.41, 5.74) is 5.20. The standard InChI is InChI=1S/C29H26BrN3O4S/c1-21(23-12-14-24(30)15-13-23)31-32-29(34)27-10-6-7-11-28(27)33(20-22-8-4-3-5-9-22)38(35,36)26-18-16-25(37-2)17-19-26/h3-19H,20H2,1-2H3,(H,32,34)/b31-21+. The number of carbonyl (C=O) groups is 1. The molecule has 0 fully saturated rings. The van der Waals surface area contributed by atoms with Crippen LogP contribution in [-0.2, 0) is 16.6 Å². The van der Waals surface area contributed by atoms with E-state index in [1.807, 2.05) is 54.6 Å². The smallest absolute Gasteiger partial charge is 0.273 e. The van der Waals surface area contributed by atoms with E-state index in [4.69, 9.17) is 4.74 Å². The van der Waals surface area contributed by atoms with E-state index in [1.165, 1.54) is 23.5 Å². The molecule has 0 spiro atoms. The largest absolute Gasteiger partial charge is 0.497 e. The highest BCUT2D eigenvalue weighted by Gasteiger charge is 2.28. The molecule has 0 radical (unpaired) electrons. The SMILES string of the molecule is COc1ccc(S(=O)(=O)N(Cc2ccccc2)c2ccccc2C(=O)N/N=C(\C)c2ccc(Br)cc2)cc1. The molecule has 1 amide bonds. The van der Waals surface area contributed by atoms with E-state index in [9.17, 15) is 13.2 Å². The summed E-state index contributed by atoms with van der Waals surface area (Å²) in [5, 5.41) is 4.24. The number of amides is 1. The molecule has 0 unspecified atom stereocenters. The summed E-state index contributed by atoms with van der Waals surface area (Å²) in [6.45, 7) is 1.81. The number of methoxy groups -OCH3 is 1. The van der Waals surface area contributed by atoms with Crippen molar-refractivity contribution in [3.8, 4) is 5.75 Å². The van der Waals surface area contributed by atoms with Crippen LogP contribution < -0.4 is 14.5 Å². The number of anilines is 1. The lowest BCUT2D eigenvalue weighted by Crippen LogP contribution is -2.33. The number of ether oxygens (including phenoxy) is 1. The van der Waals surface area contributed by atoms with Crippen molar-refractivity contribution in [2.75, 3.05) is 11.4 Å². The Morgan fingerprint density at radius 1 is 0.895 bits per heavy atom. The zero-order chi connectivity index (χ0) is 27.1. The summed E-state index contributed by atoms with van der Waals surface area (Å²) in [6.07, 6.45) is 0. The van der Waals surface area contributed by atoms with Crippen molar-refractivity contribution in [1.82, 2.24) is 5.43 Å². The molecule has 1 N–H and O–H groups in total. The number of sulfonamides is 1. The van der Waals surface area contributed by atoms with Crippen LogP contribution in [0.2, 0.25) is 0 Å². The van der Waals surface area contributed by atoms with Crippen molar-refractivity contribution >= 4 is 43.3 Å². The predicted molar refractivity (Wildman–Crippen MR) is 153 cm³/mol. The van der Waals surface area contributed by atoms with E-state index < -0.39 is 15.9 Å². The minimum atomic E-state index is -4.05. The summed E-state index contributed by atoms with van der Waals surface area (Å²) < 4.78 is 35.2. The van der Waals surface area contributed by atoms with Gasteiger partial charge in [-0.05, 0) is 66.6 Å². The zero-order valence-corrected chi connectivity index (χ0v) is 23.2. The monoisotopic (exact) mass is 591 g/mol. The summed E-state index contributed by atoms with van der Waals surface area (Å²) in [4.78, 5) is 13.4. The van der Waals surface area contributed by atoms with Gasteiger partial charge in [-0.25, -0.2) is 13.8 Å². The van der Waals surface area contributed by atoms with Gasteiger partial charge in [-0.15, -0.1) is 0 Å². The second-order valence-corrected chi connectivity index (χ2v) is 11.1. The van der Waals surface area contributed by atoms with Crippen LogP contribution in [0.25, 0.3) is 0 Å². The Bertz CT molecular complexity index is 1540. The molecule has 0 heterocycles. The van der Waals surface area contributed by atoms with Crippen LogP contribution in [0.5, 0.6) is 5.75 Å². The van der Waals surface area contributed by atoms with Crippen molar-refractivity contribution < 1.29 is 17.9 Å². The molecule has 0 bridgehead atoms. The molecule has 0 aliphatic carbocycles. The average molecular weight is 593 g/mol. The lowest BCUT2D eigenvalue weighted by atomic mass is 10.1. The fraction of sp³-hybridized carbons (Fsp3) is 0.103. The van der Waals surface area contributed by atoms with Gasteiger partial charge in [0, 0.05) is 4.47 Å². The quantitative estimate of drug-likeness (QED) is 0.191. The normalized spacial score (nSPS) is 11.6. The number of nitrogens with one attached hydrogen (secondary N) is 1. The van der Waals surface area contributed by atoms with E-state index >= 15 is 0 Å². The Labute approximate surface area is 231 Å². The van der Waals surface area contributed by atoms with Gasteiger partial charge in [0.05, 0.1) is 35.5 Å². The molecule has 0 atom stereocenters. The van der Waals surface area contributed by atoms with Crippen LogP contribution in [0.4, 0.5) is 5.69 Å². The first kappa shape index (κ1) is 27.1. The number of carbonyl (C=O) groups excluding carboxylic acids is 1. The third-order valence-corrected chi connectivity index (χ3v) is 8.12. The number of hydrazone groups is 1. The number of rotatable bonds is 9. The number of hydrogen-bond acceptors (Lipinski definition) is 5. The summed E-state index contributed by atoms with van der Waals surface area (Å²) in [7, 11) is -2.54. The first-order chi connectivity index (χ1) is 18.3. The van der Waals surface area contributed by atoms with E-state index in [-0.39, 0.29) is 22.7 Å². The first-order valence-corrected chi connectivity index (χ1v) is 13.9. The number of nitrogens with zero attached hydrogens (tertiary/aromatic N) is 2. The van der Waals surface area contributed by atoms with Gasteiger partial charge in [0.25, 0.3) is 15.9 Å². The molecular formula is C29H26BrN3O4S. The molecule has 4 aromatic carbocycles. The maximum Gasteiger partial charge on any atom is 0.273 e. The highest BCUT2D eigenvalue weighted by molar-refractivity contribution is 9.10. The molecule has 4 rings (SSSR count). The van der Waals surface area contributed by atoms with Gasteiger partial charge in [-0.2, -0.15) is 5.10 Å². The second kappa shape index (κ2) is 12.1. The van der Waals surface area contributed by atoms with E-state index in [2.05, 4.69) is 26.5 Å². The van der Waals surface area contributed by atoms with E-state index in [1.54, 1.807) is 43.3 Å². The van der Waals surface area contributed by atoms with Crippen LogP contribution in [-0.4, -0.2) is 27.1 Å². The predicted octanol–water partition coefficient (Wildman–Crippen LogP) is 6.01. The van der Waals surface area contributed by atoms with Crippen molar-refractivity contribution in [3.63, 3.8) is 0 Å². The third kappa shape index (κ3) is 6.30. The number of hydrogen-bond donors (Lipinski definition) is 1.